The van der Waals surface area contributed by atoms with E-state index in [9.17, 15) is 9.59 Å². The number of fused-ring (bicyclic) bond motifs is 1. The first kappa shape index (κ1) is 13.6. The second kappa shape index (κ2) is 5.53. The third-order valence-corrected chi connectivity index (χ3v) is 3.84. The third kappa shape index (κ3) is 2.87. The number of likely N-dealkylation sites (N-methyl/N-ethyl adjacent to an activating group) is 1. The van der Waals surface area contributed by atoms with E-state index >= 15 is 0 Å². The lowest BCUT2D eigenvalue weighted by Crippen LogP contribution is -2.35. The molecule has 0 radical (unpaired) electrons. The van der Waals surface area contributed by atoms with Gasteiger partial charge in [-0.3, -0.25) is 9.59 Å². The van der Waals surface area contributed by atoms with Crippen LogP contribution in [0.4, 0.5) is 10.8 Å². The highest BCUT2D eigenvalue weighted by atomic mass is 32.1. The largest absolute Gasteiger partial charge is 0.482 e. The van der Waals surface area contributed by atoms with E-state index in [1.807, 2.05) is 6.07 Å². The topological polar surface area (TPSA) is 71.5 Å². The average Bonchev–Trinajstić information content (AvgIpc) is 2.96. The van der Waals surface area contributed by atoms with Crippen molar-refractivity contribution in [3.63, 3.8) is 0 Å². The molecular formula is C14H13N3O3S. The van der Waals surface area contributed by atoms with Crippen molar-refractivity contribution in [3.05, 3.63) is 35.3 Å². The first-order valence-corrected chi connectivity index (χ1v) is 7.23. The van der Waals surface area contributed by atoms with E-state index in [1.165, 1.54) is 11.3 Å². The van der Waals surface area contributed by atoms with Crippen LogP contribution in [0.25, 0.3) is 0 Å². The Bertz CT molecular complexity index is 685. The summed E-state index contributed by atoms with van der Waals surface area (Å²) in [5.74, 6) is 0.406. The molecule has 1 aromatic carbocycles. The summed E-state index contributed by atoms with van der Waals surface area (Å²) in [5, 5.41) is 5.10. The van der Waals surface area contributed by atoms with Gasteiger partial charge in [0.05, 0.1) is 12.1 Å². The number of thiazole rings is 1. The monoisotopic (exact) mass is 303 g/mol. The number of ether oxygens (including phenoxy) is 1. The Balaban J connectivity index is 1.74. The second-order valence-electron chi connectivity index (χ2n) is 4.61. The fraction of sp³-hybridized carbons (Fsp3) is 0.214. The molecule has 0 aliphatic carbocycles. The molecule has 7 heteroatoms. The van der Waals surface area contributed by atoms with Crippen molar-refractivity contribution >= 4 is 34.0 Å². The second-order valence-corrected chi connectivity index (χ2v) is 5.50. The summed E-state index contributed by atoms with van der Waals surface area (Å²) in [5.41, 5.74) is 1.50. The van der Waals surface area contributed by atoms with E-state index in [0.717, 1.165) is 5.56 Å². The Morgan fingerprint density at radius 2 is 2.38 bits per heavy atom. The van der Waals surface area contributed by atoms with Crippen molar-refractivity contribution in [1.82, 2.24) is 4.98 Å². The highest BCUT2D eigenvalue weighted by Gasteiger charge is 2.22. The Hall–Kier alpha value is -2.41. The average molecular weight is 303 g/mol. The molecule has 1 aromatic heterocycles. The number of carbonyl (C=O) groups is 2. The Morgan fingerprint density at radius 3 is 3.14 bits per heavy atom. The van der Waals surface area contributed by atoms with E-state index in [4.69, 9.17) is 4.74 Å². The zero-order chi connectivity index (χ0) is 14.8. The maximum absolute atomic E-state index is 11.9. The number of rotatable bonds is 3. The maximum atomic E-state index is 11.9. The smallest absolute Gasteiger partial charge is 0.264 e. The van der Waals surface area contributed by atoms with Crippen molar-refractivity contribution in [2.45, 2.75) is 6.42 Å². The molecule has 0 atom stereocenters. The van der Waals surface area contributed by atoms with Gasteiger partial charge in [-0.15, -0.1) is 11.3 Å². The van der Waals surface area contributed by atoms with Gasteiger partial charge in [0.15, 0.2) is 11.7 Å². The number of amides is 2. The summed E-state index contributed by atoms with van der Waals surface area (Å²) in [7, 11) is 1.70. The van der Waals surface area contributed by atoms with Crippen LogP contribution in [0.2, 0.25) is 0 Å². The minimum atomic E-state index is -0.143. The maximum Gasteiger partial charge on any atom is 0.264 e. The standard InChI is InChI=1S/C14H13N3O3S/c1-17-10-6-9(2-3-11(10)20-8-13(17)19)7-12(18)16-14-15-4-5-21-14/h2-6H,7-8H2,1H3,(H,15,16,18). The third-order valence-electron chi connectivity index (χ3n) is 3.15. The summed E-state index contributed by atoms with van der Waals surface area (Å²) >= 11 is 1.37. The van der Waals surface area contributed by atoms with Gasteiger partial charge in [-0.25, -0.2) is 4.98 Å². The minimum Gasteiger partial charge on any atom is -0.482 e. The fourth-order valence-electron chi connectivity index (χ4n) is 2.06. The molecule has 1 aliphatic heterocycles. The quantitative estimate of drug-likeness (QED) is 0.936. The van der Waals surface area contributed by atoms with E-state index < -0.39 is 0 Å². The number of nitrogens with one attached hydrogen (secondary N) is 1. The van der Waals surface area contributed by atoms with Crippen LogP contribution in [-0.2, 0) is 16.0 Å². The molecule has 0 unspecified atom stereocenters. The molecule has 0 spiro atoms. The van der Waals surface area contributed by atoms with Gasteiger partial charge in [0, 0.05) is 18.6 Å². The van der Waals surface area contributed by atoms with Crippen LogP contribution in [0.5, 0.6) is 5.75 Å². The molecule has 6 nitrogen and oxygen atoms in total. The lowest BCUT2D eigenvalue weighted by molar-refractivity contribution is -0.121. The van der Waals surface area contributed by atoms with Gasteiger partial charge in [-0.05, 0) is 17.7 Å². The fourth-order valence-corrected chi connectivity index (χ4v) is 2.61. The molecule has 0 fully saturated rings. The summed E-state index contributed by atoms with van der Waals surface area (Å²) in [6.07, 6.45) is 1.85. The molecule has 0 saturated carbocycles. The van der Waals surface area contributed by atoms with Crippen molar-refractivity contribution in [1.29, 1.82) is 0 Å². The van der Waals surface area contributed by atoms with Crippen LogP contribution in [0.3, 0.4) is 0 Å². The number of hydrogen-bond donors (Lipinski definition) is 1. The number of hydrogen-bond acceptors (Lipinski definition) is 5. The highest BCUT2D eigenvalue weighted by molar-refractivity contribution is 7.13. The van der Waals surface area contributed by atoms with E-state index in [0.29, 0.717) is 16.6 Å². The molecule has 3 rings (SSSR count). The summed E-state index contributed by atoms with van der Waals surface area (Å²) in [6.45, 7) is 0.0490. The SMILES string of the molecule is CN1C(=O)COc2ccc(CC(=O)Nc3nccs3)cc21. The molecule has 1 N–H and O–H groups in total. The predicted molar refractivity (Wildman–Crippen MR) is 79.8 cm³/mol. The van der Waals surface area contributed by atoms with Gasteiger partial charge in [0.25, 0.3) is 5.91 Å². The molecule has 0 saturated heterocycles. The summed E-state index contributed by atoms with van der Waals surface area (Å²) in [4.78, 5) is 29.1. The zero-order valence-corrected chi connectivity index (χ0v) is 12.1. The summed E-state index contributed by atoms with van der Waals surface area (Å²) in [6, 6.07) is 5.40. The number of anilines is 2. The lowest BCUT2D eigenvalue weighted by Gasteiger charge is -2.26. The van der Waals surface area contributed by atoms with Gasteiger partial charge in [-0.2, -0.15) is 0 Å². The molecular weight excluding hydrogens is 290 g/mol. The first-order chi connectivity index (χ1) is 10.1. The molecule has 0 bridgehead atoms. The van der Waals surface area contributed by atoms with E-state index in [1.54, 1.807) is 35.7 Å². The van der Waals surface area contributed by atoms with Crippen molar-refractivity contribution < 1.29 is 14.3 Å². The van der Waals surface area contributed by atoms with Crippen LogP contribution >= 0.6 is 11.3 Å². The number of nitrogens with zero attached hydrogens (tertiary/aromatic N) is 2. The predicted octanol–water partition coefficient (Wildman–Crippen LogP) is 1.68. The summed E-state index contributed by atoms with van der Waals surface area (Å²) < 4.78 is 5.35. The zero-order valence-electron chi connectivity index (χ0n) is 11.3. The molecule has 2 heterocycles. The van der Waals surface area contributed by atoms with E-state index in [-0.39, 0.29) is 24.8 Å². The van der Waals surface area contributed by atoms with Gasteiger partial charge >= 0.3 is 0 Å². The Labute approximate surface area is 125 Å². The minimum absolute atomic E-state index is 0.0490. The molecule has 1 aliphatic rings. The van der Waals surface area contributed by atoms with Gasteiger partial charge < -0.3 is 15.0 Å². The molecule has 2 amide bonds. The number of aromatic nitrogens is 1. The first-order valence-electron chi connectivity index (χ1n) is 6.35. The van der Waals surface area contributed by atoms with Crippen LogP contribution in [0, 0.1) is 0 Å². The number of carbonyl (C=O) groups excluding carboxylic acids is 2. The van der Waals surface area contributed by atoms with Gasteiger partial charge in [0.1, 0.15) is 5.75 Å². The number of benzene rings is 1. The van der Waals surface area contributed by atoms with E-state index in [2.05, 4.69) is 10.3 Å². The van der Waals surface area contributed by atoms with Crippen molar-refractivity contribution in [3.8, 4) is 5.75 Å². The highest BCUT2D eigenvalue weighted by Crippen LogP contribution is 2.32. The van der Waals surface area contributed by atoms with Gasteiger partial charge in [0.2, 0.25) is 5.91 Å². The molecule has 108 valence electrons. The van der Waals surface area contributed by atoms with Crippen LogP contribution < -0.4 is 15.0 Å². The molecule has 2 aromatic rings. The van der Waals surface area contributed by atoms with Crippen LogP contribution in [-0.4, -0.2) is 30.5 Å². The van der Waals surface area contributed by atoms with Gasteiger partial charge in [-0.1, -0.05) is 6.07 Å². The lowest BCUT2D eigenvalue weighted by atomic mass is 10.1. The van der Waals surface area contributed by atoms with Crippen LogP contribution in [0.15, 0.2) is 29.8 Å². The normalized spacial score (nSPS) is 13.6. The van der Waals surface area contributed by atoms with Crippen molar-refractivity contribution in [2.24, 2.45) is 0 Å². The van der Waals surface area contributed by atoms with Crippen LogP contribution in [0.1, 0.15) is 5.56 Å². The Kier molecular flexibility index (Phi) is 3.57. The Morgan fingerprint density at radius 1 is 1.52 bits per heavy atom. The van der Waals surface area contributed by atoms with Crippen molar-refractivity contribution in [2.75, 3.05) is 23.9 Å². The molecule has 21 heavy (non-hydrogen) atoms.